The van der Waals surface area contributed by atoms with Gasteiger partial charge in [-0.15, -0.1) is 0 Å². The van der Waals surface area contributed by atoms with E-state index in [1.807, 2.05) is 30.3 Å². The van der Waals surface area contributed by atoms with Crippen molar-refractivity contribution >= 4 is 22.5 Å². The van der Waals surface area contributed by atoms with E-state index in [1.54, 1.807) is 6.20 Å². The van der Waals surface area contributed by atoms with Crippen molar-refractivity contribution in [2.75, 3.05) is 5.32 Å². The van der Waals surface area contributed by atoms with E-state index in [2.05, 4.69) is 10.3 Å². The number of pyridine rings is 1. The Balaban J connectivity index is 1.43. The molecule has 2 bridgehead atoms. The third kappa shape index (κ3) is 2.53. The molecule has 0 spiro atoms. The maximum Gasteiger partial charge on any atom is 0.224 e. The van der Waals surface area contributed by atoms with Crippen LogP contribution in [-0.4, -0.2) is 10.9 Å². The van der Waals surface area contributed by atoms with Gasteiger partial charge in [-0.1, -0.05) is 12.5 Å². The summed E-state index contributed by atoms with van der Waals surface area (Å²) in [5.41, 5.74) is 1.84. The van der Waals surface area contributed by atoms with Crippen LogP contribution in [0.15, 0.2) is 36.5 Å². The molecule has 2 aliphatic rings. The highest BCUT2D eigenvalue weighted by Gasteiger charge is 2.40. The summed E-state index contributed by atoms with van der Waals surface area (Å²) < 4.78 is 0. The Hall–Kier alpha value is -1.90. The molecule has 1 amide bonds. The molecule has 1 aromatic heterocycles. The molecule has 3 nitrogen and oxygen atoms in total. The molecule has 2 aromatic rings. The molecule has 1 aromatic carbocycles. The van der Waals surface area contributed by atoms with Crippen molar-refractivity contribution < 1.29 is 4.79 Å². The van der Waals surface area contributed by atoms with E-state index in [0.29, 0.717) is 12.3 Å². The Kier molecular flexibility index (Phi) is 3.13. The minimum Gasteiger partial charge on any atom is -0.326 e. The molecule has 1 heterocycles. The number of amides is 1. The SMILES string of the molecule is O=C(C[C@H]1C[C@H]2CC[C@H]1C2)Nc1ccc2ncccc2c1. The number of carbonyl (C=O) groups is 1. The molecular formula is C18H20N2O. The average molecular weight is 280 g/mol. The van der Waals surface area contributed by atoms with Gasteiger partial charge < -0.3 is 5.32 Å². The largest absolute Gasteiger partial charge is 0.326 e. The quantitative estimate of drug-likeness (QED) is 0.923. The van der Waals surface area contributed by atoms with Crippen molar-refractivity contribution in [2.45, 2.75) is 32.1 Å². The molecule has 108 valence electrons. The van der Waals surface area contributed by atoms with Crippen molar-refractivity contribution in [3.63, 3.8) is 0 Å². The minimum atomic E-state index is 0.163. The predicted octanol–water partition coefficient (Wildman–Crippen LogP) is 4.00. The molecule has 4 rings (SSSR count). The summed E-state index contributed by atoms with van der Waals surface area (Å²) in [6, 6.07) is 9.84. The van der Waals surface area contributed by atoms with Crippen molar-refractivity contribution in [1.29, 1.82) is 0 Å². The number of nitrogens with zero attached hydrogens (tertiary/aromatic N) is 1. The fourth-order valence-electron chi connectivity index (χ4n) is 4.23. The first kappa shape index (κ1) is 12.8. The summed E-state index contributed by atoms with van der Waals surface area (Å²) >= 11 is 0. The monoisotopic (exact) mass is 280 g/mol. The van der Waals surface area contributed by atoms with Crippen LogP contribution < -0.4 is 5.32 Å². The lowest BCUT2D eigenvalue weighted by molar-refractivity contribution is -0.117. The fourth-order valence-corrected chi connectivity index (χ4v) is 4.23. The van der Waals surface area contributed by atoms with E-state index in [9.17, 15) is 4.79 Å². The van der Waals surface area contributed by atoms with Gasteiger partial charge in [0.2, 0.25) is 5.91 Å². The number of anilines is 1. The Morgan fingerprint density at radius 1 is 1.24 bits per heavy atom. The molecule has 2 saturated carbocycles. The first-order chi connectivity index (χ1) is 10.3. The second-order valence-electron chi connectivity index (χ2n) is 6.60. The molecule has 3 heteroatoms. The molecule has 0 unspecified atom stereocenters. The average Bonchev–Trinajstić information content (AvgIpc) is 3.09. The number of benzene rings is 1. The van der Waals surface area contributed by atoms with Crippen LogP contribution in [0, 0.1) is 17.8 Å². The van der Waals surface area contributed by atoms with E-state index < -0.39 is 0 Å². The summed E-state index contributed by atoms with van der Waals surface area (Å²) in [6.07, 6.45) is 7.83. The van der Waals surface area contributed by atoms with Crippen LogP contribution in [0.25, 0.3) is 10.9 Å². The van der Waals surface area contributed by atoms with Crippen molar-refractivity contribution in [3.05, 3.63) is 36.5 Å². The number of aromatic nitrogens is 1. The number of carbonyl (C=O) groups excluding carboxylic acids is 1. The highest BCUT2D eigenvalue weighted by molar-refractivity contribution is 5.93. The summed E-state index contributed by atoms with van der Waals surface area (Å²) in [4.78, 5) is 16.6. The van der Waals surface area contributed by atoms with Crippen LogP contribution in [0.2, 0.25) is 0 Å². The number of rotatable bonds is 3. The molecule has 3 atom stereocenters. The first-order valence-corrected chi connectivity index (χ1v) is 7.92. The van der Waals surface area contributed by atoms with Gasteiger partial charge >= 0.3 is 0 Å². The first-order valence-electron chi connectivity index (χ1n) is 7.92. The lowest BCUT2D eigenvalue weighted by atomic mass is 9.86. The summed E-state index contributed by atoms with van der Waals surface area (Å²) in [5.74, 6) is 2.49. The second kappa shape index (κ2) is 5.14. The Morgan fingerprint density at radius 2 is 2.19 bits per heavy atom. The van der Waals surface area contributed by atoms with E-state index in [0.717, 1.165) is 28.4 Å². The lowest BCUT2D eigenvalue weighted by Gasteiger charge is -2.20. The molecular weight excluding hydrogens is 260 g/mol. The van der Waals surface area contributed by atoms with E-state index in [-0.39, 0.29) is 5.91 Å². The molecule has 21 heavy (non-hydrogen) atoms. The Bertz CT molecular complexity index is 682. The van der Waals surface area contributed by atoms with Gasteiger partial charge in [0.25, 0.3) is 0 Å². The summed E-state index contributed by atoms with van der Waals surface area (Å²) in [6.45, 7) is 0. The number of fused-ring (bicyclic) bond motifs is 3. The van der Waals surface area contributed by atoms with Crippen LogP contribution in [-0.2, 0) is 4.79 Å². The van der Waals surface area contributed by atoms with Gasteiger partial charge in [0, 0.05) is 23.7 Å². The lowest BCUT2D eigenvalue weighted by Crippen LogP contribution is -2.20. The minimum absolute atomic E-state index is 0.163. The topological polar surface area (TPSA) is 42.0 Å². The molecule has 0 radical (unpaired) electrons. The zero-order chi connectivity index (χ0) is 14.2. The predicted molar refractivity (Wildman–Crippen MR) is 83.9 cm³/mol. The zero-order valence-corrected chi connectivity index (χ0v) is 12.1. The normalized spacial score (nSPS) is 27.1. The smallest absolute Gasteiger partial charge is 0.224 e. The molecule has 0 aliphatic heterocycles. The standard InChI is InChI=1S/C18H20N2O/c21-18(11-15-9-12-3-4-13(15)8-12)20-16-5-6-17-14(10-16)2-1-7-19-17/h1-2,5-7,10,12-13,15H,3-4,8-9,11H2,(H,20,21)/t12-,13-,15+/m0/s1. The fraction of sp³-hybridized carbons (Fsp3) is 0.444. The maximum absolute atomic E-state index is 12.3. The van der Waals surface area contributed by atoms with Crippen molar-refractivity contribution in [2.24, 2.45) is 17.8 Å². The van der Waals surface area contributed by atoms with Crippen molar-refractivity contribution in [3.8, 4) is 0 Å². The van der Waals surface area contributed by atoms with Gasteiger partial charge in [0.15, 0.2) is 0 Å². The van der Waals surface area contributed by atoms with Gasteiger partial charge in [-0.3, -0.25) is 9.78 Å². The number of hydrogen-bond donors (Lipinski definition) is 1. The second-order valence-corrected chi connectivity index (χ2v) is 6.60. The summed E-state index contributed by atoms with van der Waals surface area (Å²) in [7, 11) is 0. The molecule has 1 N–H and O–H groups in total. The van der Waals surface area contributed by atoms with E-state index in [4.69, 9.17) is 0 Å². The molecule has 2 aliphatic carbocycles. The van der Waals surface area contributed by atoms with E-state index >= 15 is 0 Å². The zero-order valence-electron chi connectivity index (χ0n) is 12.1. The third-order valence-electron chi connectivity index (χ3n) is 5.22. The highest BCUT2D eigenvalue weighted by Crippen LogP contribution is 2.49. The van der Waals surface area contributed by atoms with Crippen LogP contribution in [0.5, 0.6) is 0 Å². The van der Waals surface area contributed by atoms with Gasteiger partial charge in [0.05, 0.1) is 5.52 Å². The molecule has 2 fully saturated rings. The Morgan fingerprint density at radius 3 is 3.00 bits per heavy atom. The van der Waals surface area contributed by atoms with Gasteiger partial charge in [-0.25, -0.2) is 0 Å². The number of hydrogen-bond acceptors (Lipinski definition) is 2. The Labute approximate surface area is 124 Å². The van der Waals surface area contributed by atoms with E-state index in [1.165, 1.54) is 25.7 Å². The van der Waals surface area contributed by atoms with Crippen LogP contribution in [0.3, 0.4) is 0 Å². The maximum atomic E-state index is 12.3. The van der Waals surface area contributed by atoms with Gasteiger partial charge in [0.1, 0.15) is 0 Å². The van der Waals surface area contributed by atoms with Crippen molar-refractivity contribution in [1.82, 2.24) is 4.98 Å². The number of nitrogens with one attached hydrogen (secondary N) is 1. The summed E-state index contributed by atoms with van der Waals surface area (Å²) in [5, 5.41) is 4.12. The highest BCUT2D eigenvalue weighted by atomic mass is 16.1. The van der Waals surface area contributed by atoms with Crippen LogP contribution in [0.4, 0.5) is 5.69 Å². The van der Waals surface area contributed by atoms with Gasteiger partial charge in [-0.2, -0.15) is 0 Å². The third-order valence-corrected chi connectivity index (χ3v) is 5.22. The van der Waals surface area contributed by atoms with Gasteiger partial charge in [-0.05, 0) is 61.3 Å². The molecule has 0 saturated heterocycles. The van der Waals surface area contributed by atoms with Crippen LogP contribution >= 0.6 is 0 Å². The van der Waals surface area contributed by atoms with Crippen LogP contribution in [0.1, 0.15) is 32.1 Å².